The molecule has 1 rings (SSSR count). The number of hydrogen-bond acceptors (Lipinski definition) is 2. The molecule has 2 nitrogen and oxygen atoms in total. The van der Waals surface area contributed by atoms with E-state index in [-0.39, 0.29) is 11.7 Å². The monoisotopic (exact) mass is 143 g/mol. The van der Waals surface area contributed by atoms with Gasteiger partial charge in [0.05, 0.1) is 4.99 Å². The maximum Gasteiger partial charge on any atom is 0.135 e. The van der Waals surface area contributed by atoms with Crippen molar-refractivity contribution in [3.8, 4) is 0 Å². The molecule has 9 heavy (non-hydrogen) atoms. The first-order valence-electron chi connectivity index (χ1n) is 2.97. The normalized spacial score (nSPS) is 25.9. The summed E-state index contributed by atoms with van der Waals surface area (Å²) in [5.74, 6) is 0.389. The summed E-state index contributed by atoms with van der Waals surface area (Å²) in [6.45, 7) is 2.36. The minimum Gasteiger partial charge on any atom is -0.379 e. The average molecular weight is 143 g/mol. The molecule has 0 unspecified atom stereocenters. The minimum atomic E-state index is 0.150. The summed E-state index contributed by atoms with van der Waals surface area (Å²) < 4.78 is 0. The van der Waals surface area contributed by atoms with Crippen LogP contribution < -0.4 is 5.32 Å². The van der Waals surface area contributed by atoms with E-state index in [4.69, 9.17) is 12.2 Å². The number of carbonyl (C=O) groups excluding carboxylic acids is 1. The van der Waals surface area contributed by atoms with Gasteiger partial charge < -0.3 is 5.32 Å². The summed E-state index contributed by atoms with van der Waals surface area (Å²) in [6, 6.07) is 0. The summed E-state index contributed by atoms with van der Waals surface area (Å²) in [6.07, 6.45) is 0.755. The van der Waals surface area contributed by atoms with Crippen molar-refractivity contribution in [2.24, 2.45) is 5.92 Å². The highest BCUT2D eigenvalue weighted by Gasteiger charge is 2.21. The third kappa shape index (κ3) is 1.48. The second-order valence-electron chi connectivity index (χ2n) is 2.32. The van der Waals surface area contributed by atoms with Crippen molar-refractivity contribution in [3.05, 3.63) is 0 Å². The molecule has 0 aromatic rings. The highest BCUT2D eigenvalue weighted by atomic mass is 32.1. The molecule has 0 saturated carbocycles. The molecular formula is C6H9NOS. The van der Waals surface area contributed by atoms with Gasteiger partial charge in [-0.1, -0.05) is 12.2 Å². The fourth-order valence-corrected chi connectivity index (χ4v) is 1.18. The highest BCUT2D eigenvalue weighted by Crippen LogP contribution is 2.10. The topological polar surface area (TPSA) is 29.1 Å². The van der Waals surface area contributed by atoms with E-state index < -0.39 is 0 Å². The lowest BCUT2D eigenvalue weighted by Gasteiger charge is -1.97. The van der Waals surface area contributed by atoms with E-state index in [0.29, 0.717) is 0 Å². The predicted octanol–water partition coefficient (Wildman–Crippen LogP) is 0.512. The fourth-order valence-electron chi connectivity index (χ4n) is 0.893. The van der Waals surface area contributed by atoms with Crippen molar-refractivity contribution >= 4 is 23.0 Å². The van der Waals surface area contributed by atoms with Gasteiger partial charge >= 0.3 is 0 Å². The summed E-state index contributed by atoms with van der Waals surface area (Å²) >= 11 is 4.85. The van der Waals surface area contributed by atoms with Gasteiger partial charge in [0.2, 0.25) is 0 Å². The number of Topliss-reactive ketones (excluding diaryl/α,β-unsaturated/α-hetero) is 1. The number of ketones is 1. The van der Waals surface area contributed by atoms with Crippen molar-refractivity contribution in [1.82, 2.24) is 5.32 Å². The van der Waals surface area contributed by atoms with Crippen molar-refractivity contribution in [2.75, 3.05) is 6.54 Å². The van der Waals surface area contributed by atoms with Gasteiger partial charge in [0, 0.05) is 18.9 Å². The number of rotatable bonds is 1. The Labute approximate surface area is 59.6 Å². The largest absolute Gasteiger partial charge is 0.379 e. The van der Waals surface area contributed by atoms with Gasteiger partial charge in [-0.15, -0.1) is 0 Å². The Kier molecular flexibility index (Phi) is 1.81. The van der Waals surface area contributed by atoms with Crippen molar-refractivity contribution < 1.29 is 4.79 Å². The van der Waals surface area contributed by atoms with E-state index in [1.807, 2.05) is 0 Å². The van der Waals surface area contributed by atoms with Crippen molar-refractivity contribution in [2.45, 2.75) is 13.3 Å². The van der Waals surface area contributed by atoms with E-state index in [2.05, 4.69) is 5.32 Å². The Hall–Kier alpha value is -0.440. The first-order valence-corrected chi connectivity index (χ1v) is 3.38. The van der Waals surface area contributed by atoms with E-state index >= 15 is 0 Å². The molecule has 1 aliphatic heterocycles. The zero-order valence-electron chi connectivity index (χ0n) is 5.31. The molecule has 1 N–H and O–H groups in total. The minimum absolute atomic E-state index is 0.150. The first kappa shape index (κ1) is 6.68. The molecule has 1 heterocycles. The summed E-state index contributed by atoms with van der Waals surface area (Å²) in [4.78, 5) is 11.5. The number of hydrogen-bond donors (Lipinski definition) is 1. The van der Waals surface area contributed by atoms with Gasteiger partial charge in [0.15, 0.2) is 0 Å². The van der Waals surface area contributed by atoms with Crippen molar-refractivity contribution in [1.29, 1.82) is 0 Å². The van der Waals surface area contributed by atoms with Crippen molar-refractivity contribution in [3.63, 3.8) is 0 Å². The maximum absolute atomic E-state index is 10.7. The zero-order valence-corrected chi connectivity index (χ0v) is 6.12. The van der Waals surface area contributed by atoms with Gasteiger partial charge in [0.1, 0.15) is 5.78 Å². The van der Waals surface area contributed by atoms with Crippen LogP contribution in [0.3, 0.4) is 0 Å². The van der Waals surface area contributed by atoms with Gasteiger partial charge in [-0.25, -0.2) is 0 Å². The Morgan fingerprint density at radius 3 is 2.78 bits per heavy atom. The Bertz CT molecular complexity index is 155. The number of thiocarbonyl (C=S) groups is 1. The summed E-state index contributed by atoms with van der Waals surface area (Å²) in [7, 11) is 0. The SMILES string of the molecule is CC(=O)[C@@H]1CNC(=S)C1. The molecule has 0 aliphatic carbocycles. The van der Waals surface area contributed by atoms with Crippen LogP contribution in [0.1, 0.15) is 13.3 Å². The lowest BCUT2D eigenvalue weighted by atomic mass is 10.1. The lowest BCUT2D eigenvalue weighted by molar-refractivity contribution is -0.120. The van der Waals surface area contributed by atoms with Crippen LogP contribution in [0.25, 0.3) is 0 Å². The molecule has 1 atom stereocenters. The van der Waals surface area contributed by atoms with Gasteiger partial charge in [-0.05, 0) is 6.92 Å². The van der Waals surface area contributed by atoms with Crippen LogP contribution >= 0.6 is 12.2 Å². The molecule has 50 valence electrons. The predicted molar refractivity (Wildman–Crippen MR) is 39.4 cm³/mol. The maximum atomic E-state index is 10.7. The Morgan fingerprint density at radius 2 is 2.56 bits per heavy atom. The smallest absolute Gasteiger partial charge is 0.135 e. The van der Waals surface area contributed by atoms with Crippen LogP contribution in [0.4, 0.5) is 0 Å². The van der Waals surface area contributed by atoms with Gasteiger partial charge in [-0.2, -0.15) is 0 Å². The zero-order chi connectivity index (χ0) is 6.85. The second kappa shape index (κ2) is 2.43. The molecule has 3 heteroatoms. The molecule has 0 amide bonds. The van der Waals surface area contributed by atoms with Crippen LogP contribution in [0, 0.1) is 5.92 Å². The molecule has 0 aromatic carbocycles. The molecule has 0 spiro atoms. The van der Waals surface area contributed by atoms with Crippen LogP contribution in [-0.4, -0.2) is 17.3 Å². The highest BCUT2D eigenvalue weighted by molar-refractivity contribution is 7.80. The molecule has 0 radical (unpaired) electrons. The third-order valence-electron chi connectivity index (χ3n) is 1.55. The van der Waals surface area contributed by atoms with Crippen LogP contribution in [0.15, 0.2) is 0 Å². The standard InChI is InChI=1S/C6H9NOS/c1-4(8)5-2-6(9)7-3-5/h5H,2-3H2,1H3,(H,7,9)/t5-/m0/s1. The van der Waals surface area contributed by atoms with E-state index in [9.17, 15) is 4.79 Å². The van der Waals surface area contributed by atoms with Crippen LogP contribution in [0.2, 0.25) is 0 Å². The summed E-state index contributed by atoms with van der Waals surface area (Å²) in [5, 5.41) is 2.96. The molecule has 0 aromatic heterocycles. The average Bonchev–Trinajstić information content (AvgIpc) is 2.14. The quantitative estimate of drug-likeness (QED) is 0.542. The third-order valence-corrected chi connectivity index (χ3v) is 1.86. The second-order valence-corrected chi connectivity index (χ2v) is 2.81. The van der Waals surface area contributed by atoms with Gasteiger partial charge in [0.25, 0.3) is 0 Å². The molecule has 1 fully saturated rings. The molecule has 0 bridgehead atoms. The molecular weight excluding hydrogens is 134 g/mol. The number of carbonyl (C=O) groups is 1. The summed E-state index contributed by atoms with van der Waals surface area (Å²) in [5.41, 5.74) is 0. The molecule has 1 aliphatic rings. The van der Waals surface area contributed by atoms with E-state index in [1.54, 1.807) is 6.92 Å². The van der Waals surface area contributed by atoms with Crippen LogP contribution in [-0.2, 0) is 4.79 Å². The lowest BCUT2D eigenvalue weighted by Crippen LogP contribution is -2.15. The van der Waals surface area contributed by atoms with E-state index in [0.717, 1.165) is 18.0 Å². The fraction of sp³-hybridized carbons (Fsp3) is 0.667. The Balaban J connectivity index is 2.48. The first-order chi connectivity index (χ1) is 4.20. The Morgan fingerprint density at radius 1 is 1.89 bits per heavy atom. The van der Waals surface area contributed by atoms with Gasteiger partial charge in [-0.3, -0.25) is 4.79 Å². The van der Waals surface area contributed by atoms with Crippen LogP contribution in [0.5, 0.6) is 0 Å². The molecule has 1 saturated heterocycles. The van der Waals surface area contributed by atoms with E-state index in [1.165, 1.54) is 0 Å². The number of nitrogens with one attached hydrogen (secondary N) is 1.